The van der Waals surface area contributed by atoms with Gasteiger partial charge in [0.25, 0.3) is 0 Å². The molecule has 310 valence electrons. The Morgan fingerprint density at radius 3 is 1.55 bits per heavy atom. The molecular weight excluding hydrogens is 689 g/mol. The fourth-order valence-electron chi connectivity index (χ4n) is 5.59. The lowest BCUT2D eigenvalue weighted by Gasteiger charge is -2.20. The Morgan fingerprint density at radius 1 is 0.585 bits per heavy atom. The highest BCUT2D eigenvalue weighted by Crippen LogP contribution is 2.43. The van der Waals surface area contributed by atoms with E-state index in [1.54, 1.807) is 0 Å². The Balaban J connectivity index is 4.33. The molecule has 0 heterocycles. The third-order valence-electron chi connectivity index (χ3n) is 8.92. The lowest BCUT2D eigenvalue weighted by Crippen LogP contribution is -2.29. The van der Waals surface area contributed by atoms with E-state index in [-0.39, 0.29) is 32.0 Å². The summed E-state index contributed by atoms with van der Waals surface area (Å²) in [5.74, 6) is -0.823. The largest absolute Gasteiger partial charge is 0.472 e. The van der Waals surface area contributed by atoms with Gasteiger partial charge in [-0.2, -0.15) is 0 Å². The number of allylic oxidation sites excluding steroid dienone is 6. The van der Waals surface area contributed by atoms with Crippen LogP contribution in [0.4, 0.5) is 0 Å². The zero-order chi connectivity index (χ0) is 39.1. The minimum Gasteiger partial charge on any atom is -0.462 e. The summed E-state index contributed by atoms with van der Waals surface area (Å²) in [4.78, 5) is 37.0. The molecule has 0 saturated heterocycles. The van der Waals surface area contributed by atoms with Gasteiger partial charge in [-0.1, -0.05) is 134 Å². The molecule has 0 rings (SSSR count). The third-order valence-corrected chi connectivity index (χ3v) is 9.90. The van der Waals surface area contributed by atoms with Crippen LogP contribution in [0.2, 0.25) is 0 Å². The molecule has 0 fully saturated rings. The van der Waals surface area contributed by atoms with Crippen molar-refractivity contribution >= 4 is 19.8 Å². The molecule has 0 bridgehead atoms. The molecule has 10 heteroatoms. The average Bonchev–Trinajstić information content (AvgIpc) is 3.12. The number of ether oxygens (including phenoxy) is 2. The van der Waals surface area contributed by atoms with Crippen LogP contribution in [0.5, 0.6) is 0 Å². The number of unbranched alkanes of at least 4 members (excludes halogenated alkanes) is 19. The maximum atomic E-state index is 12.6. The summed E-state index contributed by atoms with van der Waals surface area (Å²) in [5.41, 5.74) is 0. The van der Waals surface area contributed by atoms with E-state index in [4.69, 9.17) is 18.5 Å². The number of carbonyl (C=O) groups is 2. The normalized spacial score (nSPS) is 13.8. The molecule has 0 aromatic heterocycles. The number of nitrogens with zero attached hydrogens (tertiary/aromatic N) is 1. The lowest BCUT2D eigenvalue weighted by molar-refractivity contribution is -0.161. The smallest absolute Gasteiger partial charge is 0.462 e. The summed E-state index contributed by atoms with van der Waals surface area (Å²) in [6, 6.07) is 0. The number of carbonyl (C=O) groups excluding carboxylic acids is 2. The maximum absolute atomic E-state index is 12.6. The Bertz CT molecular complexity index is 983. The average molecular weight is 770 g/mol. The van der Waals surface area contributed by atoms with Crippen molar-refractivity contribution in [1.29, 1.82) is 0 Å². The van der Waals surface area contributed by atoms with E-state index in [1.165, 1.54) is 77.0 Å². The molecule has 9 nitrogen and oxygen atoms in total. The minimum atomic E-state index is -4.36. The maximum Gasteiger partial charge on any atom is 0.472 e. The van der Waals surface area contributed by atoms with Gasteiger partial charge in [-0.15, -0.1) is 0 Å². The van der Waals surface area contributed by atoms with Crippen molar-refractivity contribution in [3.8, 4) is 0 Å². The summed E-state index contributed by atoms with van der Waals surface area (Å²) in [6.45, 7) is 4.26. The fraction of sp³-hybridized carbons (Fsp3) is 0.814. The van der Waals surface area contributed by atoms with Gasteiger partial charge in [-0.25, -0.2) is 4.57 Å². The van der Waals surface area contributed by atoms with Gasteiger partial charge in [-0.05, 0) is 84.7 Å². The summed E-state index contributed by atoms with van der Waals surface area (Å²) in [6.07, 6.45) is 40.4. The van der Waals surface area contributed by atoms with Gasteiger partial charge in [0.05, 0.1) is 13.2 Å². The van der Waals surface area contributed by atoms with Gasteiger partial charge < -0.3 is 19.3 Å². The molecular formula is C43H80NO8P. The van der Waals surface area contributed by atoms with E-state index < -0.39 is 26.5 Å². The first-order valence-corrected chi connectivity index (χ1v) is 22.8. The van der Waals surface area contributed by atoms with E-state index >= 15 is 0 Å². The molecule has 0 radical (unpaired) electrons. The Labute approximate surface area is 325 Å². The van der Waals surface area contributed by atoms with E-state index in [2.05, 4.69) is 50.3 Å². The van der Waals surface area contributed by atoms with Crippen LogP contribution in [-0.2, 0) is 32.7 Å². The topological polar surface area (TPSA) is 112 Å². The zero-order valence-electron chi connectivity index (χ0n) is 34.5. The van der Waals surface area contributed by atoms with Crippen LogP contribution in [0.1, 0.15) is 181 Å². The van der Waals surface area contributed by atoms with Gasteiger partial charge in [0, 0.05) is 19.4 Å². The second kappa shape index (κ2) is 38.5. The van der Waals surface area contributed by atoms with Crippen molar-refractivity contribution in [2.45, 2.75) is 187 Å². The van der Waals surface area contributed by atoms with Crippen molar-refractivity contribution in [3.63, 3.8) is 0 Å². The highest BCUT2D eigenvalue weighted by atomic mass is 31.2. The zero-order valence-corrected chi connectivity index (χ0v) is 35.3. The van der Waals surface area contributed by atoms with Crippen molar-refractivity contribution in [2.24, 2.45) is 0 Å². The first-order chi connectivity index (χ1) is 25.7. The number of hydrogen-bond donors (Lipinski definition) is 1. The van der Waals surface area contributed by atoms with Gasteiger partial charge in [0.15, 0.2) is 6.10 Å². The quantitative estimate of drug-likeness (QED) is 0.0282. The van der Waals surface area contributed by atoms with E-state index in [9.17, 15) is 19.0 Å². The fourth-order valence-corrected chi connectivity index (χ4v) is 6.33. The van der Waals surface area contributed by atoms with Gasteiger partial charge in [0.2, 0.25) is 0 Å². The van der Waals surface area contributed by atoms with Crippen molar-refractivity contribution < 1.29 is 37.6 Å². The third kappa shape index (κ3) is 39.7. The van der Waals surface area contributed by atoms with E-state index in [1.807, 2.05) is 19.0 Å². The monoisotopic (exact) mass is 770 g/mol. The molecule has 0 spiro atoms. The van der Waals surface area contributed by atoms with Crippen LogP contribution in [0.3, 0.4) is 0 Å². The predicted molar refractivity (Wildman–Crippen MR) is 220 cm³/mol. The standard InChI is InChI=1S/C43H80NO8P/c1-5-7-9-11-13-15-17-19-21-23-25-27-29-31-33-35-42(45)49-39-41(40-51-53(47,48)50-38-37-44(3)4)52-43(46)36-34-32-30-28-26-24-22-20-18-16-14-12-10-8-6-2/h14-17,20,22,41H,5-13,18-19,21,23-40H2,1-4H3,(H,47,48)/b16-14-,17-15-,22-20-. The molecule has 0 amide bonds. The van der Waals surface area contributed by atoms with E-state index in [0.717, 1.165) is 70.6 Å². The molecule has 2 atom stereocenters. The Hall–Kier alpha value is -1.77. The van der Waals surface area contributed by atoms with Gasteiger partial charge in [0.1, 0.15) is 6.61 Å². The summed E-state index contributed by atoms with van der Waals surface area (Å²) >= 11 is 0. The van der Waals surface area contributed by atoms with Gasteiger partial charge in [-0.3, -0.25) is 18.6 Å². The number of hydrogen-bond acceptors (Lipinski definition) is 8. The molecule has 0 aromatic rings. The highest BCUT2D eigenvalue weighted by Gasteiger charge is 2.26. The molecule has 0 aliphatic heterocycles. The number of rotatable bonds is 39. The summed E-state index contributed by atoms with van der Waals surface area (Å²) < 4.78 is 33.4. The molecule has 2 unspecified atom stereocenters. The second-order valence-electron chi connectivity index (χ2n) is 14.5. The highest BCUT2D eigenvalue weighted by molar-refractivity contribution is 7.47. The molecule has 0 aromatic carbocycles. The summed E-state index contributed by atoms with van der Waals surface area (Å²) in [5, 5.41) is 0. The van der Waals surface area contributed by atoms with E-state index in [0.29, 0.717) is 13.0 Å². The van der Waals surface area contributed by atoms with Crippen LogP contribution in [-0.4, -0.2) is 68.3 Å². The van der Waals surface area contributed by atoms with Crippen molar-refractivity contribution in [1.82, 2.24) is 4.90 Å². The first-order valence-electron chi connectivity index (χ1n) is 21.3. The number of phosphoric acid groups is 1. The van der Waals surface area contributed by atoms with Gasteiger partial charge >= 0.3 is 19.8 Å². The minimum absolute atomic E-state index is 0.00361. The summed E-state index contributed by atoms with van der Waals surface area (Å²) in [7, 11) is -0.721. The molecule has 0 saturated carbocycles. The lowest BCUT2D eigenvalue weighted by atomic mass is 10.1. The Kier molecular flexibility index (Phi) is 37.2. The molecule has 0 aliphatic carbocycles. The second-order valence-corrected chi connectivity index (χ2v) is 16.0. The van der Waals surface area contributed by atoms with Crippen molar-refractivity contribution in [3.05, 3.63) is 36.5 Å². The van der Waals surface area contributed by atoms with Crippen LogP contribution in [0.15, 0.2) is 36.5 Å². The molecule has 0 aliphatic rings. The Morgan fingerprint density at radius 2 is 1.02 bits per heavy atom. The molecule has 53 heavy (non-hydrogen) atoms. The van der Waals surface area contributed by atoms with Crippen LogP contribution < -0.4 is 0 Å². The number of likely N-dealkylation sites (N-methyl/N-ethyl adjacent to an activating group) is 1. The predicted octanol–water partition coefficient (Wildman–Crippen LogP) is 12.0. The molecule has 1 N–H and O–H groups in total. The first kappa shape index (κ1) is 51.2. The van der Waals surface area contributed by atoms with Crippen molar-refractivity contribution in [2.75, 3.05) is 40.5 Å². The van der Waals surface area contributed by atoms with Crippen LogP contribution in [0, 0.1) is 0 Å². The number of phosphoric ester groups is 1. The SMILES string of the molecule is CCCCC/C=C\C/C=C\CCCCCCCC(=O)OC(COC(=O)CCCCCCCCC/C=C\CCCCCC)COP(=O)(O)OCCN(C)C. The number of esters is 2. The van der Waals surface area contributed by atoms with Crippen LogP contribution >= 0.6 is 7.82 Å². The van der Waals surface area contributed by atoms with Crippen LogP contribution in [0.25, 0.3) is 0 Å².